The number of aliphatic hydroxyl groups is 1. The fraction of sp³-hybridized carbons (Fsp3) is 0.526. The van der Waals surface area contributed by atoms with Crippen molar-refractivity contribution in [2.24, 2.45) is 0 Å². The largest absolute Gasteiger partial charge is 0.512 e. The number of rotatable bonds is 1. The number of hydrogen-bond donors (Lipinski definition) is 1. The van der Waals surface area contributed by atoms with Crippen LogP contribution in [0, 0.1) is 0 Å². The summed E-state index contributed by atoms with van der Waals surface area (Å²) in [6.07, 6.45) is 1.17. The molecular weight excluding hydrogens is 363 g/mol. The van der Waals surface area contributed by atoms with E-state index in [1.54, 1.807) is 0 Å². The second kappa shape index (κ2) is 17.9. The average Bonchev–Trinajstić information content (AvgIpc) is 2.10. The Bertz CT molecular complexity index is 406. The normalized spacial score (nSPS) is 8.36. The number of ketones is 1. The molecule has 0 atom stereocenters. The van der Waals surface area contributed by atoms with Crippen molar-refractivity contribution < 1.29 is 29.4 Å². The molecule has 1 radical (unpaired) electrons. The third-order valence-corrected chi connectivity index (χ3v) is 1.41. The summed E-state index contributed by atoms with van der Waals surface area (Å²) in [4.78, 5) is 10.0. The molecule has 0 saturated heterocycles. The van der Waals surface area contributed by atoms with E-state index >= 15 is 0 Å². The molecule has 22 heavy (non-hydrogen) atoms. The van der Waals surface area contributed by atoms with Crippen molar-refractivity contribution in [2.45, 2.75) is 69.2 Å². The summed E-state index contributed by atoms with van der Waals surface area (Å²) >= 11 is 0. The van der Waals surface area contributed by atoms with Crippen LogP contribution in [0.15, 0.2) is 45.6 Å². The van der Waals surface area contributed by atoms with Crippen LogP contribution in [0.2, 0.25) is 0 Å². The average molecular weight is 395 g/mol. The first kappa shape index (κ1) is 29.0. The van der Waals surface area contributed by atoms with E-state index in [9.17, 15) is 4.79 Å². The Balaban J connectivity index is -0.000000108. The van der Waals surface area contributed by atoms with Gasteiger partial charge < -0.3 is 5.11 Å². The van der Waals surface area contributed by atoms with Gasteiger partial charge in [0.15, 0.2) is 5.78 Å². The van der Waals surface area contributed by atoms with Crippen LogP contribution < -0.4 is 0 Å². The Kier molecular flexibility index (Phi) is 23.6. The smallest absolute Gasteiger partial charge is 0.155 e. The second-order valence-corrected chi connectivity index (χ2v) is 5.65. The SMILES string of the molecule is CC(=O)/C=C(/C)O.CC(C)=C=C(C)C.CC(C)=C=C(C)C.[Rh]. The Morgan fingerprint density at radius 2 is 0.909 bits per heavy atom. The van der Waals surface area contributed by atoms with Gasteiger partial charge in [-0.3, -0.25) is 4.79 Å². The van der Waals surface area contributed by atoms with Gasteiger partial charge in [-0.15, -0.1) is 11.5 Å². The van der Waals surface area contributed by atoms with Crippen LogP contribution >= 0.6 is 0 Å². The summed E-state index contributed by atoms with van der Waals surface area (Å²) in [5.74, 6) is -0.0625. The van der Waals surface area contributed by atoms with Crippen molar-refractivity contribution in [1.82, 2.24) is 0 Å². The van der Waals surface area contributed by atoms with Crippen molar-refractivity contribution in [2.75, 3.05) is 0 Å². The summed E-state index contributed by atoms with van der Waals surface area (Å²) in [6, 6.07) is 0. The van der Waals surface area contributed by atoms with Crippen molar-refractivity contribution >= 4 is 5.78 Å². The fourth-order valence-electron chi connectivity index (χ4n) is 1.29. The van der Waals surface area contributed by atoms with Gasteiger partial charge in [-0.05, 0) is 91.5 Å². The Morgan fingerprint density at radius 1 is 0.682 bits per heavy atom. The van der Waals surface area contributed by atoms with Crippen LogP contribution in [0.4, 0.5) is 0 Å². The standard InChI is InChI=1S/2C7H12.C5H8O2.Rh/c2*1-6(2)5-7(3)4;1-4(6)3-5(2)7;/h2*1-4H3;3,6H,1-2H3;/b;;4-3-;. The first-order valence-electron chi connectivity index (χ1n) is 7.01. The van der Waals surface area contributed by atoms with Gasteiger partial charge in [-0.25, -0.2) is 0 Å². The Morgan fingerprint density at radius 3 is 0.909 bits per heavy atom. The molecule has 3 heteroatoms. The summed E-state index contributed by atoms with van der Waals surface area (Å²) in [6.45, 7) is 19.2. The van der Waals surface area contributed by atoms with Gasteiger partial charge >= 0.3 is 0 Å². The zero-order chi connectivity index (χ0) is 17.6. The van der Waals surface area contributed by atoms with Gasteiger partial charge in [0.05, 0.1) is 5.76 Å². The third kappa shape index (κ3) is 51.0. The minimum absolute atomic E-state index is 0. The first-order chi connectivity index (χ1) is 9.38. The number of aliphatic hydroxyl groups excluding tert-OH is 1. The maximum absolute atomic E-state index is 10.0. The molecule has 0 amide bonds. The summed E-state index contributed by atoms with van der Waals surface area (Å²) in [5.41, 5.74) is 11.3. The van der Waals surface area contributed by atoms with Gasteiger partial charge in [0, 0.05) is 25.6 Å². The summed E-state index contributed by atoms with van der Waals surface area (Å²) in [7, 11) is 0. The minimum atomic E-state index is -0.125. The second-order valence-electron chi connectivity index (χ2n) is 5.65. The first-order valence-corrected chi connectivity index (χ1v) is 7.01. The minimum Gasteiger partial charge on any atom is -0.512 e. The predicted molar refractivity (Wildman–Crippen MR) is 93.5 cm³/mol. The van der Waals surface area contributed by atoms with E-state index in [0.717, 1.165) is 0 Å². The quantitative estimate of drug-likeness (QED) is 0.253. The van der Waals surface area contributed by atoms with Crippen molar-refractivity contribution in [1.29, 1.82) is 0 Å². The molecule has 0 bridgehead atoms. The number of carbonyl (C=O) groups is 1. The molecule has 0 aromatic carbocycles. The van der Waals surface area contributed by atoms with E-state index in [0.29, 0.717) is 0 Å². The van der Waals surface area contributed by atoms with Crippen LogP contribution in [-0.2, 0) is 24.3 Å². The van der Waals surface area contributed by atoms with Crippen LogP contribution in [-0.4, -0.2) is 10.9 Å². The summed E-state index contributed by atoms with van der Waals surface area (Å²) < 4.78 is 0. The van der Waals surface area contributed by atoms with Gasteiger partial charge in [0.2, 0.25) is 0 Å². The molecule has 0 saturated carbocycles. The molecule has 0 aliphatic rings. The molecule has 0 spiro atoms. The Labute approximate surface area is 150 Å². The van der Waals surface area contributed by atoms with Gasteiger partial charge in [-0.1, -0.05) is 0 Å². The molecule has 0 rings (SSSR count). The van der Waals surface area contributed by atoms with Gasteiger partial charge in [0.25, 0.3) is 0 Å². The molecule has 129 valence electrons. The van der Waals surface area contributed by atoms with Crippen LogP contribution in [0.25, 0.3) is 0 Å². The maximum Gasteiger partial charge on any atom is 0.155 e. The molecule has 0 fully saturated rings. The fourth-order valence-corrected chi connectivity index (χ4v) is 1.29. The van der Waals surface area contributed by atoms with Crippen LogP contribution in [0.5, 0.6) is 0 Å². The summed E-state index contributed by atoms with van der Waals surface area (Å²) in [5, 5.41) is 8.36. The zero-order valence-corrected chi connectivity index (χ0v) is 17.4. The molecule has 2 nitrogen and oxygen atoms in total. The number of allylic oxidation sites excluding steroid dienone is 4. The predicted octanol–water partition coefficient (Wildman–Crippen LogP) is 6.07. The zero-order valence-electron chi connectivity index (χ0n) is 15.8. The van der Waals surface area contributed by atoms with Crippen LogP contribution in [0.3, 0.4) is 0 Å². The van der Waals surface area contributed by atoms with E-state index in [4.69, 9.17) is 5.11 Å². The molecule has 0 aliphatic heterocycles. The van der Waals surface area contributed by atoms with E-state index in [-0.39, 0.29) is 31.0 Å². The van der Waals surface area contributed by atoms with Crippen LogP contribution in [0.1, 0.15) is 69.2 Å². The monoisotopic (exact) mass is 395 g/mol. The van der Waals surface area contributed by atoms with E-state index in [1.165, 1.54) is 42.2 Å². The van der Waals surface area contributed by atoms with E-state index in [2.05, 4.69) is 11.5 Å². The van der Waals surface area contributed by atoms with E-state index in [1.807, 2.05) is 55.4 Å². The molecular formula is C19H32O2Rh. The Hall–Kier alpha value is -1.13. The molecule has 0 aliphatic carbocycles. The molecule has 0 heterocycles. The molecule has 0 unspecified atom stereocenters. The topological polar surface area (TPSA) is 37.3 Å². The molecule has 0 aromatic heterocycles. The molecule has 0 aromatic rings. The van der Waals surface area contributed by atoms with E-state index < -0.39 is 0 Å². The maximum atomic E-state index is 10.0. The van der Waals surface area contributed by atoms with Crippen molar-refractivity contribution in [3.63, 3.8) is 0 Å². The van der Waals surface area contributed by atoms with Gasteiger partial charge in [-0.2, -0.15) is 0 Å². The third-order valence-electron chi connectivity index (χ3n) is 1.41. The van der Waals surface area contributed by atoms with Gasteiger partial charge in [0.1, 0.15) is 0 Å². The van der Waals surface area contributed by atoms with Crippen molar-refractivity contribution in [3.05, 3.63) is 45.6 Å². The number of carbonyl (C=O) groups excluding carboxylic acids is 1. The molecule has 1 N–H and O–H groups in total. The van der Waals surface area contributed by atoms with Crippen molar-refractivity contribution in [3.8, 4) is 0 Å². The number of hydrogen-bond acceptors (Lipinski definition) is 2.